The molecule has 134 valence electrons. The summed E-state index contributed by atoms with van der Waals surface area (Å²) in [6.07, 6.45) is 8.34. The summed E-state index contributed by atoms with van der Waals surface area (Å²) >= 11 is 5.45. The van der Waals surface area contributed by atoms with Gasteiger partial charge >= 0.3 is 0 Å². The average Bonchev–Trinajstić information content (AvgIpc) is 2.64. The molecule has 6 heteroatoms. The number of ether oxygens (including phenoxy) is 2. The van der Waals surface area contributed by atoms with Gasteiger partial charge in [-0.05, 0) is 41.8 Å². The Labute approximate surface area is 160 Å². The normalized spacial score (nSPS) is 10.2. The SMILES string of the molecule is COc1ccc(CCN(C)C(=S)C=Cc2cccnc2)cc1OC.Cl. The largest absolute Gasteiger partial charge is 0.493 e. The van der Waals surface area contributed by atoms with Crippen LogP contribution >= 0.6 is 24.6 Å². The molecule has 0 radical (unpaired) electrons. The van der Waals surface area contributed by atoms with Crippen LogP contribution in [0.3, 0.4) is 0 Å². The fourth-order valence-electron chi connectivity index (χ4n) is 2.21. The van der Waals surface area contributed by atoms with Gasteiger partial charge in [0, 0.05) is 26.0 Å². The molecule has 0 bridgehead atoms. The van der Waals surface area contributed by atoms with Gasteiger partial charge in [-0.15, -0.1) is 12.4 Å². The lowest BCUT2D eigenvalue weighted by atomic mass is 10.1. The van der Waals surface area contributed by atoms with Crippen molar-refractivity contribution in [1.82, 2.24) is 9.88 Å². The fourth-order valence-corrected chi connectivity index (χ4v) is 2.37. The van der Waals surface area contributed by atoms with Crippen LogP contribution in [0.2, 0.25) is 0 Å². The zero-order valence-corrected chi connectivity index (χ0v) is 16.3. The molecule has 0 aliphatic carbocycles. The minimum Gasteiger partial charge on any atom is -0.493 e. The Hall–Kier alpha value is -2.11. The summed E-state index contributed by atoms with van der Waals surface area (Å²) in [5, 5.41) is 0. The lowest BCUT2D eigenvalue weighted by molar-refractivity contribution is 0.354. The molecule has 2 rings (SSSR count). The summed E-state index contributed by atoms with van der Waals surface area (Å²) in [5.74, 6) is 1.49. The Morgan fingerprint density at radius 3 is 2.60 bits per heavy atom. The highest BCUT2D eigenvalue weighted by atomic mass is 35.5. The van der Waals surface area contributed by atoms with E-state index in [4.69, 9.17) is 21.7 Å². The smallest absolute Gasteiger partial charge is 0.160 e. The first kappa shape index (κ1) is 20.9. The number of thiocarbonyl (C=S) groups is 1. The molecule has 0 unspecified atom stereocenters. The van der Waals surface area contributed by atoms with Gasteiger partial charge in [0.1, 0.15) is 4.99 Å². The molecule has 1 aromatic heterocycles. The molecule has 0 aliphatic rings. The van der Waals surface area contributed by atoms with Gasteiger partial charge in [-0.2, -0.15) is 0 Å². The van der Waals surface area contributed by atoms with Crippen LogP contribution in [-0.4, -0.2) is 42.7 Å². The predicted molar refractivity (Wildman–Crippen MR) is 109 cm³/mol. The number of halogens is 1. The average molecular weight is 379 g/mol. The van der Waals surface area contributed by atoms with Gasteiger partial charge in [0.25, 0.3) is 0 Å². The second-order valence-corrected chi connectivity index (χ2v) is 5.74. The van der Waals surface area contributed by atoms with Gasteiger partial charge in [0.15, 0.2) is 11.5 Å². The lowest BCUT2D eigenvalue weighted by Gasteiger charge is -2.18. The Morgan fingerprint density at radius 2 is 1.96 bits per heavy atom. The lowest BCUT2D eigenvalue weighted by Crippen LogP contribution is -2.25. The summed E-state index contributed by atoms with van der Waals surface area (Å²) < 4.78 is 10.6. The van der Waals surface area contributed by atoms with Crippen LogP contribution in [0.15, 0.2) is 48.8 Å². The number of hydrogen-bond donors (Lipinski definition) is 0. The summed E-state index contributed by atoms with van der Waals surface area (Å²) in [5.41, 5.74) is 2.21. The first-order chi connectivity index (χ1) is 11.6. The van der Waals surface area contributed by atoms with E-state index in [9.17, 15) is 0 Å². The van der Waals surface area contributed by atoms with E-state index in [1.807, 2.05) is 55.7 Å². The van der Waals surface area contributed by atoms with Gasteiger partial charge in [-0.3, -0.25) is 4.98 Å². The third-order valence-electron chi connectivity index (χ3n) is 3.66. The van der Waals surface area contributed by atoms with Gasteiger partial charge in [-0.25, -0.2) is 0 Å². The quantitative estimate of drug-likeness (QED) is 0.536. The predicted octanol–water partition coefficient (Wildman–Crippen LogP) is 4.04. The third kappa shape index (κ3) is 6.36. The topological polar surface area (TPSA) is 34.6 Å². The molecule has 0 N–H and O–H groups in total. The maximum Gasteiger partial charge on any atom is 0.160 e. The number of likely N-dealkylation sites (N-methyl/N-ethyl adjacent to an activating group) is 1. The van der Waals surface area contributed by atoms with Crippen LogP contribution in [-0.2, 0) is 6.42 Å². The van der Waals surface area contributed by atoms with Crippen LogP contribution in [0.25, 0.3) is 6.08 Å². The number of rotatable bonds is 7. The highest BCUT2D eigenvalue weighted by Crippen LogP contribution is 2.27. The van der Waals surface area contributed by atoms with Crippen molar-refractivity contribution in [3.8, 4) is 11.5 Å². The zero-order chi connectivity index (χ0) is 17.4. The summed E-state index contributed by atoms with van der Waals surface area (Å²) in [6.45, 7) is 0.825. The zero-order valence-electron chi connectivity index (χ0n) is 14.6. The monoisotopic (exact) mass is 378 g/mol. The summed E-state index contributed by atoms with van der Waals surface area (Å²) in [7, 11) is 5.28. The molecule has 0 atom stereocenters. The first-order valence-corrected chi connectivity index (χ1v) is 8.09. The van der Waals surface area contributed by atoms with Crippen LogP contribution in [0, 0.1) is 0 Å². The number of benzene rings is 1. The van der Waals surface area contributed by atoms with Crippen molar-refractivity contribution in [1.29, 1.82) is 0 Å². The standard InChI is InChI=1S/C19H22N2O2S.ClH/c1-21(19(24)9-7-16-5-4-11-20-14-16)12-10-15-6-8-17(22-2)18(13-15)23-3;/h4-9,11,13-14H,10,12H2,1-3H3;1H. The van der Waals surface area contributed by atoms with Gasteiger partial charge in [0.05, 0.1) is 14.2 Å². The molecule has 0 amide bonds. The van der Waals surface area contributed by atoms with E-state index in [-0.39, 0.29) is 12.4 Å². The number of hydrogen-bond acceptors (Lipinski definition) is 4. The van der Waals surface area contributed by atoms with Crippen molar-refractivity contribution in [2.45, 2.75) is 6.42 Å². The van der Waals surface area contributed by atoms with Crippen molar-refractivity contribution in [2.24, 2.45) is 0 Å². The second kappa shape index (κ2) is 10.7. The molecule has 25 heavy (non-hydrogen) atoms. The van der Waals surface area contributed by atoms with E-state index in [2.05, 4.69) is 9.88 Å². The molecular weight excluding hydrogens is 356 g/mol. The van der Waals surface area contributed by atoms with E-state index in [1.165, 1.54) is 5.56 Å². The second-order valence-electron chi connectivity index (χ2n) is 5.32. The highest BCUT2D eigenvalue weighted by molar-refractivity contribution is 7.80. The van der Waals surface area contributed by atoms with E-state index >= 15 is 0 Å². The minimum absolute atomic E-state index is 0. The highest BCUT2D eigenvalue weighted by Gasteiger charge is 2.06. The van der Waals surface area contributed by atoms with Gasteiger partial charge in [0.2, 0.25) is 0 Å². The van der Waals surface area contributed by atoms with Crippen LogP contribution in [0.4, 0.5) is 0 Å². The van der Waals surface area contributed by atoms with E-state index in [0.29, 0.717) is 0 Å². The fraction of sp³-hybridized carbons (Fsp3) is 0.263. The molecule has 4 nitrogen and oxygen atoms in total. The van der Waals surface area contributed by atoms with E-state index < -0.39 is 0 Å². The van der Waals surface area contributed by atoms with Crippen molar-refractivity contribution >= 4 is 35.7 Å². The Morgan fingerprint density at radius 1 is 1.20 bits per heavy atom. The molecule has 0 saturated carbocycles. The van der Waals surface area contributed by atoms with Crippen molar-refractivity contribution < 1.29 is 9.47 Å². The van der Waals surface area contributed by atoms with Gasteiger partial charge in [-0.1, -0.05) is 30.4 Å². The molecule has 0 aliphatic heterocycles. The maximum atomic E-state index is 5.45. The summed E-state index contributed by atoms with van der Waals surface area (Å²) in [4.78, 5) is 6.93. The van der Waals surface area contributed by atoms with E-state index in [0.717, 1.165) is 35.0 Å². The van der Waals surface area contributed by atoms with Crippen molar-refractivity contribution in [3.63, 3.8) is 0 Å². The van der Waals surface area contributed by atoms with Crippen LogP contribution in [0.1, 0.15) is 11.1 Å². The Balaban J connectivity index is 0.00000312. The number of pyridine rings is 1. The molecular formula is C19H23ClN2O2S. The van der Waals surface area contributed by atoms with Crippen LogP contribution in [0.5, 0.6) is 11.5 Å². The number of aromatic nitrogens is 1. The number of methoxy groups -OCH3 is 2. The Bertz CT molecular complexity index is 708. The molecule has 1 heterocycles. The van der Waals surface area contributed by atoms with Crippen molar-refractivity contribution in [3.05, 3.63) is 59.9 Å². The Kier molecular flexibility index (Phi) is 8.95. The van der Waals surface area contributed by atoms with Gasteiger partial charge < -0.3 is 14.4 Å². The first-order valence-electron chi connectivity index (χ1n) is 7.68. The third-order valence-corrected chi connectivity index (χ3v) is 4.11. The van der Waals surface area contributed by atoms with E-state index in [1.54, 1.807) is 20.4 Å². The maximum absolute atomic E-state index is 5.45. The molecule has 1 aromatic carbocycles. The molecule has 0 saturated heterocycles. The molecule has 2 aromatic rings. The molecule has 0 spiro atoms. The number of nitrogens with zero attached hydrogens (tertiary/aromatic N) is 2. The molecule has 0 fully saturated rings. The van der Waals surface area contributed by atoms with Crippen LogP contribution < -0.4 is 9.47 Å². The minimum atomic E-state index is 0. The summed E-state index contributed by atoms with van der Waals surface area (Å²) in [6, 6.07) is 9.87. The van der Waals surface area contributed by atoms with Crippen molar-refractivity contribution in [2.75, 3.05) is 27.8 Å².